The number of benzene rings is 2. The van der Waals surface area contributed by atoms with Crippen LogP contribution in [0.1, 0.15) is 15.9 Å². The number of nitrogens with zero attached hydrogens (tertiary/aromatic N) is 1. The lowest BCUT2D eigenvalue weighted by Crippen LogP contribution is -2.46. The predicted molar refractivity (Wildman–Crippen MR) is 88.8 cm³/mol. The molecule has 0 radical (unpaired) electrons. The monoisotopic (exact) mass is 311 g/mol. The van der Waals surface area contributed by atoms with Gasteiger partial charge in [-0.3, -0.25) is 4.79 Å². The van der Waals surface area contributed by atoms with E-state index in [-0.39, 0.29) is 12.0 Å². The molecule has 0 bridgehead atoms. The summed E-state index contributed by atoms with van der Waals surface area (Å²) in [6, 6.07) is 17.4. The number of ether oxygens (including phenoxy) is 2. The van der Waals surface area contributed by atoms with E-state index in [4.69, 9.17) is 9.47 Å². The number of rotatable bonds is 4. The van der Waals surface area contributed by atoms with Crippen LogP contribution < -0.4 is 4.74 Å². The summed E-state index contributed by atoms with van der Waals surface area (Å²) in [5.74, 6) is 0.917. The zero-order valence-electron chi connectivity index (χ0n) is 13.3. The molecule has 1 aliphatic rings. The SMILES string of the molecule is COc1cccc(CC2CN(C(=O)c3ccccc3)CCO2)c1. The van der Waals surface area contributed by atoms with Crippen molar-refractivity contribution < 1.29 is 14.3 Å². The van der Waals surface area contributed by atoms with Gasteiger partial charge in [-0.1, -0.05) is 30.3 Å². The van der Waals surface area contributed by atoms with Crippen molar-refractivity contribution in [3.05, 3.63) is 65.7 Å². The number of hydrogen-bond acceptors (Lipinski definition) is 3. The fourth-order valence-corrected chi connectivity index (χ4v) is 2.85. The van der Waals surface area contributed by atoms with Crippen LogP contribution in [0.2, 0.25) is 0 Å². The number of amides is 1. The van der Waals surface area contributed by atoms with Crippen molar-refractivity contribution in [2.24, 2.45) is 0 Å². The smallest absolute Gasteiger partial charge is 0.254 e. The van der Waals surface area contributed by atoms with Gasteiger partial charge >= 0.3 is 0 Å². The second-order valence-electron chi connectivity index (χ2n) is 5.67. The fourth-order valence-electron chi connectivity index (χ4n) is 2.85. The van der Waals surface area contributed by atoms with Crippen LogP contribution in [0.3, 0.4) is 0 Å². The lowest BCUT2D eigenvalue weighted by molar-refractivity contribution is -0.0208. The molecule has 1 fully saturated rings. The first kappa shape index (κ1) is 15.6. The highest BCUT2D eigenvalue weighted by molar-refractivity contribution is 5.94. The van der Waals surface area contributed by atoms with Crippen molar-refractivity contribution in [3.63, 3.8) is 0 Å². The van der Waals surface area contributed by atoms with Crippen molar-refractivity contribution >= 4 is 5.91 Å². The van der Waals surface area contributed by atoms with E-state index < -0.39 is 0 Å². The summed E-state index contributed by atoms with van der Waals surface area (Å²) >= 11 is 0. The van der Waals surface area contributed by atoms with Gasteiger partial charge in [-0.2, -0.15) is 0 Å². The minimum Gasteiger partial charge on any atom is -0.497 e. The lowest BCUT2D eigenvalue weighted by Gasteiger charge is -2.33. The summed E-state index contributed by atoms with van der Waals surface area (Å²) in [5, 5.41) is 0. The number of carbonyl (C=O) groups is 1. The van der Waals surface area contributed by atoms with Crippen LogP contribution >= 0.6 is 0 Å². The average Bonchev–Trinajstić information content (AvgIpc) is 2.62. The number of hydrogen-bond donors (Lipinski definition) is 0. The zero-order valence-corrected chi connectivity index (χ0v) is 13.3. The Labute approximate surface area is 136 Å². The highest BCUT2D eigenvalue weighted by atomic mass is 16.5. The molecule has 4 nitrogen and oxygen atoms in total. The number of morpholine rings is 1. The molecular formula is C19H21NO3. The van der Waals surface area contributed by atoms with Gasteiger partial charge in [0.15, 0.2) is 0 Å². The maximum atomic E-state index is 12.5. The van der Waals surface area contributed by atoms with Crippen molar-refractivity contribution in [2.75, 3.05) is 26.8 Å². The maximum absolute atomic E-state index is 12.5. The van der Waals surface area contributed by atoms with E-state index in [1.807, 2.05) is 53.4 Å². The Morgan fingerprint density at radius 3 is 2.83 bits per heavy atom. The molecule has 1 aliphatic heterocycles. The quantitative estimate of drug-likeness (QED) is 0.871. The molecule has 2 aromatic rings. The average molecular weight is 311 g/mol. The molecule has 120 valence electrons. The summed E-state index contributed by atoms with van der Waals surface area (Å²) in [7, 11) is 1.66. The van der Waals surface area contributed by atoms with Crippen LogP contribution in [0.4, 0.5) is 0 Å². The molecule has 4 heteroatoms. The molecular weight excluding hydrogens is 290 g/mol. The summed E-state index contributed by atoms with van der Waals surface area (Å²) < 4.78 is 11.1. The highest BCUT2D eigenvalue weighted by Crippen LogP contribution is 2.18. The van der Waals surface area contributed by atoms with Crippen LogP contribution in [-0.4, -0.2) is 43.7 Å². The summed E-state index contributed by atoms with van der Waals surface area (Å²) in [6.07, 6.45) is 0.791. The Kier molecular flexibility index (Phi) is 4.93. The first-order valence-corrected chi connectivity index (χ1v) is 7.85. The van der Waals surface area contributed by atoms with Crippen LogP contribution in [0.25, 0.3) is 0 Å². The highest BCUT2D eigenvalue weighted by Gasteiger charge is 2.25. The van der Waals surface area contributed by atoms with E-state index in [9.17, 15) is 4.79 Å². The second-order valence-corrected chi connectivity index (χ2v) is 5.67. The topological polar surface area (TPSA) is 38.8 Å². The first-order chi connectivity index (χ1) is 11.3. The molecule has 3 rings (SSSR count). The Bertz CT molecular complexity index is 657. The normalized spacial score (nSPS) is 17.8. The fraction of sp³-hybridized carbons (Fsp3) is 0.316. The molecule has 0 aliphatic carbocycles. The van der Waals surface area contributed by atoms with Gasteiger partial charge in [-0.05, 0) is 29.8 Å². The molecule has 1 saturated heterocycles. The molecule has 0 aromatic heterocycles. The largest absolute Gasteiger partial charge is 0.497 e. The van der Waals surface area contributed by atoms with E-state index in [0.29, 0.717) is 19.7 Å². The Hall–Kier alpha value is -2.33. The van der Waals surface area contributed by atoms with Crippen LogP contribution in [0.5, 0.6) is 5.75 Å². The summed E-state index contributed by atoms with van der Waals surface area (Å²) in [5.41, 5.74) is 1.89. The molecule has 1 atom stereocenters. The van der Waals surface area contributed by atoms with E-state index in [2.05, 4.69) is 6.07 Å². The third-order valence-corrected chi connectivity index (χ3v) is 4.04. The number of methoxy groups -OCH3 is 1. The molecule has 0 saturated carbocycles. The van der Waals surface area contributed by atoms with Gasteiger partial charge < -0.3 is 14.4 Å². The van der Waals surface area contributed by atoms with Crippen molar-refractivity contribution in [1.29, 1.82) is 0 Å². The van der Waals surface area contributed by atoms with E-state index >= 15 is 0 Å². The van der Waals surface area contributed by atoms with Gasteiger partial charge in [-0.25, -0.2) is 0 Å². The lowest BCUT2D eigenvalue weighted by atomic mass is 10.1. The molecule has 23 heavy (non-hydrogen) atoms. The molecule has 0 N–H and O–H groups in total. The van der Waals surface area contributed by atoms with Crippen molar-refractivity contribution in [1.82, 2.24) is 4.90 Å². The molecule has 1 unspecified atom stereocenters. The van der Waals surface area contributed by atoms with Gasteiger partial charge in [0.2, 0.25) is 0 Å². The summed E-state index contributed by atoms with van der Waals surface area (Å²) in [6.45, 7) is 1.83. The van der Waals surface area contributed by atoms with Crippen molar-refractivity contribution in [2.45, 2.75) is 12.5 Å². The molecule has 2 aromatic carbocycles. The molecule has 0 spiro atoms. The Balaban J connectivity index is 1.65. The van der Waals surface area contributed by atoms with Gasteiger partial charge in [0.05, 0.1) is 19.8 Å². The maximum Gasteiger partial charge on any atom is 0.254 e. The van der Waals surface area contributed by atoms with Gasteiger partial charge in [-0.15, -0.1) is 0 Å². The van der Waals surface area contributed by atoms with E-state index in [1.54, 1.807) is 7.11 Å². The van der Waals surface area contributed by atoms with E-state index in [1.165, 1.54) is 0 Å². The van der Waals surface area contributed by atoms with Crippen LogP contribution in [0.15, 0.2) is 54.6 Å². The standard InChI is InChI=1S/C19H21NO3/c1-22-17-9-5-6-15(12-17)13-18-14-20(10-11-23-18)19(21)16-7-3-2-4-8-16/h2-9,12,18H,10-11,13-14H2,1H3. The van der Waals surface area contributed by atoms with Gasteiger partial charge in [0, 0.05) is 25.1 Å². The minimum atomic E-state index is 0.0171. The van der Waals surface area contributed by atoms with Crippen LogP contribution in [0, 0.1) is 0 Å². The third-order valence-electron chi connectivity index (χ3n) is 4.04. The van der Waals surface area contributed by atoms with Gasteiger partial charge in [0.25, 0.3) is 5.91 Å². The summed E-state index contributed by atoms with van der Waals surface area (Å²) in [4.78, 5) is 14.4. The second kappa shape index (κ2) is 7.29. The van der Waals surface area contributed by atoms with Crippen LogP contribution in [-0.2, 0) is 11.2 Å². The zero-order chi connectivity index (χ0) is 16.1. The molecule has 1 heterocycles. The van der Waals surface area contributed by atoms with E-state index in [0.717, 1.165) is 23.3 Å². The molecule has 1 amide bonds. The van der Waals surface area contributed by atoms with Gasteiger partial charge in [0.1, 0.15) is 5.75 Å². The van der Waals surface area contributed by atoms with Crippen molar-refractivity contribution in [3.8, 4) is 5.75 Å². The Morgan fingerprint density at radius 1 is 1.22 bits per heavy atom. The Morgan fingerprint density at radius 2 is 2.04 bits per heavy atom. The third kappa shape index (κ3) is 3.90. The number of carbonyl (C=O) groups excluding carboxylic acids is 1. The predicted octanol–water partition coefficient (Wildman–Crippen LogP) is 2.78. The minimum absolute atomic E-state index is 0.0171. The first-order valence-electron chi connectivity index (χ1n) is 7.85.